The van der Waals surface area contributed by atoms with Crippen molar-refractivity contribution in [3.63, 3.8) is 0 Å². The molecule has 0 atom stereocenters. The van der Waals surface area contributed by atoms with Crippen molar-refractivity contribution >= 4 is 71.3 Å². The molecule has 0 saturated carbocycles. The van der Waals surface area contributed by atoms with Gasteiger partial charge in [0.1, 0.15) is 5.52 Å². The molecular formula is C53H34N2O. The fourth-order valence-electron chi connectivity index (χ4n) is 8.36. The third-order valence-electron chi connectivity index (χ3n) is 11.1. The average Bonchev–Trinajstić information content (AvgIpc) is 3.73. The Bertz CT molecular complexity index is 3240. The molecule has 10 aromatic carbocycles. The molecule has 0 radical (unpaired) electrons. The van der Waals surface area contributed by atoms with Crippen molar-refractivity contribution in [3.8, 4) is 33.7 Å². The normalized spacial score (nSPS) is 11.6. The molecule has 0 aliphatic carbocycles. The van der Waals surface area contributed by atoms with E-state index in [9.17, 15) is 0 Å². The molecule has 0 aliphatic rings. The van der Waals surface area contributed by atoms with Crippen LogP contribution < -0.4 is 4.90 Å². The Balaban J connectivity index is 1.08. The van der Waals surface area contributed by atoms with Crippen LogP contribution >= 0.6 is 0 Å². The van der Waals surface area contributed by atoms with Crippen LogP contribution in [-0.2, 0) is 0 Å². The van der Waals surface area contributed by atoms with E-state index in [0.29, 0.717) is 5.89 Å². The minimum Gasteiger partial charge on any atom is -0.435 e. The molecule has 0 aliphatic heterocycles. The molecule has 0 unspecified atom stereocenters. The van der Waals surface area contributed by atoms with E-state index >= 15 is 0 Å². The van der Waals surface area contributed by atoms with Gasteiger partial charge >= 0.3 is 0 Å². The minimum atomic E-state index is 0.612. The van der Waals surface area contributed by atoms with Crippen molar-refractivity contribution in [3.05, 3.63) is 206 Å². The zero-order valence-corrected chi connectivity index (χ0v) is 30.4. The van der Waals surface area contributed by atoms with Crippen LogP contribution in [0, 0.1) is 0 Å². The van der Waals surface area contributed by atoms with Crippen LogP contribution in [-0.4, -0.2) is 4.98 Å². The molecule has 262 valence electrons. The van der Waals surface area contributed by atoms with E-state index in [-0.39, 0.29) is 0 Å². The summed E-state index contributed by atoms with van der Waals surface area (Å²) < 4.78 is 6.65. The molecule has 1 aromatic heterocycles. The summed E-state index contributed by atoms with van der Waals surface area (Å²) in [6, 6.07) is 73.5. The summed E-state index contributed by atoms with van der Waals surface area (Å²) >= 11 is 0. The van der Waals surface area contributed by atoms with Gasteiger partial charge in [0.05, 0.1) is 5.69 Å². The highest BCUT2D eigenvalue weighted by molar-refractivity contribution is 6.19. The zero-order valence-electron chi connectivity index (χ0n) is 30.4. The van der Waals surface area contributed by atoms with E-state index in [4.69, 9.17) is 9.40 Å². The highest BCUT2D eigenvalue weighted by Gasteiger charge is 2.20. The number of rotatable bonds is 6. The molecule has 0 spiro atoms. The van der Waals surface area contributed by atoms with Gasteiger partial charge in [0.25, 0.3) is 0 Å². The lowest BCUT2D eigenvalue weighted by molar-refractivity contribution is 0.621. The molecule has 0 amide bonds. The quantitative estimate of drug-likeness (QED) is 0.161. The summed E-state index contributed by atoms with van der Waals surface area (Å²) in [6.07, 6.45) is 0. The molecule has 0 fully saturated rings. The van der Waals surface area contributed by atoms with Crippen molar-refractivity contribution in [1.29, 1.82) is 0 Å². The second-order valence-electron chi connectivity index (χ2n) is 14.3. The molecule has 0 saturated heterocycles. The Morgan fingerprint density at radius 3 is 1.75 bits per heavy atom. The van der Waals surface area contributed by atoms with Crippen molar-refractivity contribution < 1.29 is 4.42 Å². The Kier molecular flexibility index (Phi) is 7.49. The van der Waals surface area contributed by atoms with Gasteiger partial charge in [-0.25, -0.2) is 4.98 Å². The lowest BCUT2D eigenvalue weighted by Gasteiger charge is -2.27. The molecule has 0 bridgehead atoms. The van der Waals surface area contributed by atoms with Gasteiger partial charge in [-0.15, -0.1) is 0 Å². The second-order valence-corrected chi connectivity index (χ2v) is 14.3. The lowest BCUT2D eigenvalue weighted by Crippen LogP contribution is -2.10. The summed E-state index contributed by atoms with van der Waals surface area (Å²) in [6.45, 7) is 0. The highest BCUT2D eigenvalue weighted by atomic mass is 16.3. The average molecular weight is 715 g/mol. The predicted molar refractivity (Wildman–Crippen MR) is 235 cm³/mol. The van der Waals surface area contributed by atoms with Gasteiger partial charge in [0, 0.05) is 33.5 Å². The number of fused-ring (bicyclic) bond motifs is 7. The summed E-state index contributed by atoms with van der Waals surface area (Å²) in [7, 11) is 0. The summed E-state index contributed by atoms with van der Waals surface area (Å²) in [4.78, 5) is 7.48. The summed E-state index contributed by atoms with van der Waals surface area (Å²) in [5, 5.41) is 9.88. The highest BCUT2D eigenvalue weighted by Crippen LogP contribution is 2.44. The van der Waals surface area contributed by atoms with Crippen LogP contribution in [0.25, 0.3) is 87.9 Å². The first-order chi connectivity index (χ1) is 27.8. The van der Waals surface area contributed by atoms with Crippen molar-refractivity contribution in [2.24, 2.45) is 0 Å². The molecule has 56 heavy (non-hydrogen) atoms. The molecule has 11 rings (SSSR count). The second kappa shape index (κ2) is 13.1. The number of anilines is 3. The maximum Gasteiger partial charge on any atom is 0.227 e. The number of oxazole rings is 1. The van der Waals surface area contributed by atoms with E-state index in [1.165, 1.54) is 43.1 Å². The maximum atomic E-state index is 6.65. The standard InChI is InChI=1S/C53H34N2O/c1-3-13-36(14-4-1)44-30-31-45(52-51(44)54-53(56-52)39-16-5-2-6-17-39)38-23-26-41(27-24-38)55(42-28-22-35-12-7-8-18-40(35)34-42)50-21-11-20-46-48-29-25-37-15-9-10-19-43(37)47(48)32-33-49(46)50/h1-34H. The lowest BCUT2D eigenvalue weighted by atomic mass is 9.95. The van der Waals surface area contributed by atoms with Gasteiger partial charge in [0.2, 0.25) is 5.89 Å². The summed E-state index contributed by atoms with van der Waals surface area (Å²) in [5.74, 6) is 0.612. The smallest absolute Gasteiger partial charge is 0.227 e. The first-order valence-corrected chi connectivity index (χ1v) is 19.0. The van der Waals surface area contributed by atoms with Crippen molar-refractivity contribution in [1.82, 2.24) is 4.98 Å². The monoisotopic (exact) mass is 714 g/mol. The Morgan fingerprint density at radius 2 is 0.929 bits per heavy atom. The van der Waals surface area contributed by atoms with Gasteiger partial charge in [-0.2, -0.15) is 0 Å². The van der Waals surface area contributed by atoms with E-state index in [0.717, 1.165) is 56.0 Å². The first kappa shape index (κ1) is 32.0. The Hall–Kier alpha value is -7.49. The Labute approximate surface area is 324 Å². The van der Waals surface area contributed by atoms with Gasteiger partial charge in [0.15, 0.2) is 5.58 Å². The third kappa shape index (κ3) is 5.32. The number of nitrogens with zero attached hydrogens (tertiary/aromatic N) is 2. The first-order valence-electron chi connectivity index (χ1n) is 19.0. The van der Waals surface area contributed by atoms with Crippen LogP contribution in [0.15, 0.2) is 211 Å². The van der Waals surface area contributed by atoms with Crippen LogP contribution in [0.5, 0.6) is 0 Å². The van der Waals surface area contributed by atoms with E-state index < -0.39 is 0 Å². The Morgan fingerprint density at radius 1 is 0.357 bits per heavy atom. The molecule has 3 heteroatoms. The van der Waals surface area contributed by atoms with Crippen molar-refractivity contribution in [2.45, 2.75) is 0 Å². The largest absolute Gasteiger partial charge is 0.435 e. The topological polar surface area (TPSA) is 29.3 Å². The van der Waals surface area contributed by atoms with Crippen LogP contribution in [0.1, 0.15) is 0 Å². The molecule has 3 nitrogen and oxygen atoms in total. The molecule has 11 aromatic rings. The number of aromatic nitrogens is 1. The number of benzene rings is 10. The fourth-order valence-corrected chi connectivity index (χ4v) is 8.36. The van der Waals surface area contributed by atoms with Gasteiger partial charge in [-0.1, -0.05) is 158 Å². The van der Waals surface area contributed by atoms with Crippen molar-refractivity contribution in [2.75, 3.05) is 4.90 Å². The zero-order chi connectivity index (χ0) is 37.0. The fraction of sp³-hybridized carbons (Fsp3) is 0. The number of hydrogen-bond acceptors (Lipinski definition) is 3. The molecular weight excluding hydrogens is 681 g/mol. The van der Waals surface area contributed by atoms with Gasteiger partial charge in [-0.05, 0) is 97.4 Å². The van der Waals surface area contributed by atoms with E-state index in [1.54, 1.807) is 0 Å². The third-order valence-corrected chi connectivity index (χ3v) is 11.1. The predicted octanol–water partition coefficient (Wildman–Crippen LogP) is 14.9. The SMILES string of the molecule is c1ccc(-c2nc3c(-c4ccccc4)ccc(-c4ccc(N(c5ccc6ccccc6c5)c5cccc6c5ccc5c7ccccc7ccc65)cc4)c3o2)cc1. The van der Waals surface area contributed by atoms with E-state index in [1.807, 2.05) is 36.4 Å². The van der Waals surface area contributed by atoms with Crippen LogP contribution in [0.2, 0.25) is 0 Å². The number of hydrogen-bond donors (Lipinski definition) is 0. The van der Waals surface area contributed by atoms with E-state index in [2.05, 4.69) is 175 Å². The minimum absolute atomic E-state index is 0.612. The molecule has 0 N–H and O–H groups in total. The van der Waals surface area contributed by atoms with Gasteiger partial charge < -0.3 is 9.32 Å². The maximum absolute atomic E-state index is 6.65. The van der Waals surface area contributed by atoms with Crippen LogP contribution in [0.3, 0.4) is 0 Å². The molecule has 1 heterocycles. The van der Waals surface area contributed by atoms with Gasteiger partial charge in [-0.3, -0.25) is 0 Å². The van der Waals surface area contributed by atoms with Crippen LogP contribution in [0.4, 0.5) is 17.1 Å². The summed E-state index contributed by atoms with van der Waals surface area (Å²) in [5.41, 5.74) is 10.1.